The second kappa shape index (κ2) is 9.28. The Balaban J connectivity index is 1.38. The van der Waals surface area contributed by atoms with Crippen molar-refractivity contribution in [3.8, 4) is 0 Å². The first-order chi connectivity index (χ1) is 13.7. The minimum Gasteiger partial charge on any atom is -0.205 e. The van der Waals surface area contributed by atoms with Crippen LogP contribution >= 0.6 is 11.3 Å². The van der Waals surface area contributed by atoms with E-state index in [9.17, 15) is 0 Å². The molecule has 2 fully saturated rings. The molecule has 1 aromatic heterocycles. The third-order valence-electron chi connectivity index (χ3n) is 7.67. The number of rotatable bonds is 6. The molecule has 1 heterocycles. The molecule has 1 aromatic carbocycles. The van der Waals surface area contributed by atoms with E-state index in [1.165, 1.54) is 69.1 Å². The number of benzene rings is 1. The minimum absolute atomic E-state index is 0.0911. The average Bonchev–Trinajstić information content (AvgIpc) is 3.13. The Kier molecular flexibility index (Phi) is 6.76. The highest BCUT2D eigenvalue weighted by Gasteiger charge is 2.32. The molecule has 0 unspecified atom stereocenters. The topological polar surface area (TPSA) is 0 Å². The van der Waals surface area contributed by atoms with E-state index in [-0.39, 0.29) is 5.82 Å². The summed E-state index contributed by atoms with van der Waals surface area (Å²) in [6, 6.07) is 6.47. The Bertz CT molecular complexity index is 760. The van der Waals surface area contributed by atoms with Crippen LogP contribution in [-0.2, 0) is 6.42 Å². The molecule has 0 aliphatic heterocycles. The first-order valence-electron chi connectivity index (χ1n) is 11.9. The molecular weight excluding hydrogens is 363 g/mol. The lowest BCUT2D eigenvalue weighted by molar-refractivity contribution is 0.156. The largest absolute Gasteiger partial charge is 0.205 e. The molecule has 28 heavy (non-hydrogen) atoms. The molecule has 0 amide bonds. The number of hydrogen-bond donors (Lipinski definition) is 0. The zero-order chi connectivity index (χ0) is 19.5. The summed E-state index contributed by atoms with van der Waals surface area (Å²) in [7, 11) is 0. The Labute approximate surface area is 174 Å². The summed E-state index contributed by atoms with van der Waals surface area (Å²) in [4.78, 5) is 1.33. The van der Waals surface area contributed by atoms with Crippen molar-refractivity contribution in [1.82, 2.24) is 0 Å². The average molecular weight is 401 g/mol. The molecular formula is C26H37FS. The molecule has 2 heteroatoms. The normalized spacial score (nSPS) is 28.7. The quantitative estimate of drug-likeness (QED) is 0.454. The van der Waals surface area contributed by atoms with Crippen molar-refractivity contribution in [2.45, 2.75) is 96.8 Å². The number of hydrogen-bond acceptors (Lipinski definition) is 1. The van der Waals surface area contributed by atoms with Crippen LogP contribution in [0.2, 0.25) is 0 Å². The summed E-state index contributed by atoms with van der Waals surface area (Å²) in [5, 5.41) is 1.10. The third-order valence-corrected chi connectivity index (χ3v) is 8.87. The van der Waals surface area contributed by atoms with E-state index in [1.54, 1.807) is 11.3 Å². The molecule has 2 aromatic rings. The highest BCUT2D eigenvalue weighted by Crippen LogP contribution is 2.45. The van der Waals surface area contributed by atoms with Crippen molar-refractivity contribution in [3.05, 3.63) is 34.5 Å². The van der Waals surface area contributed by atoms with Gasteiger partial charge < -0.3 is 0 Å². The van der Waals surface area contributed by atoms with Crippen LogP contribution < -0.4 is 0 Å². The van der Waals surface area contributed by atoms with Crippen molar-refractivity contribution in [2.24, 2.45) is 17.8 Å². The summed E-state index contributed by atoms with van der Waals surface area (Å²) in [6.45, 7) is 4.52. The molecule has 0 nitrogen and oxygen atoms in total. The zero-order valence-electron chi connectivity index (χ0n) is 17.8. The Hall–Kier alpha value is -0.890. The maximum Gasteiger partial charge on any atom is 0.144 e. The molecule has 2 saturated carbocycles. The summed E-state index contributed by atoms with van der Waals surface area (Å²) in [6.07, 6.45) is 15.8. The maximum atomic E-state index is 15.3. The first-order valence-corrected chi connectivity index (χ1v) is 12.7. The molecule has 2 aliphatic rings. The van der Waals surface area contributed by atoms with Gasteiger partial charge in [-0.1, -0.05) is 58.1 Å². The lowest BCUT2D eigenvalue weighted by atomic mass is 9.68. The van der Waals surface area contributed by atoms with Gasteiger partial charge >= 0.3 is 0 Å². The summed E-state index contributed by atoms with van der Waals surface area (Å²) in [5.41, 5.74) is 1.00. The zero-order valence-corrected chi connectivity index (χ0v) is 18.6. The third kappa shape index (κ3) is 4.32. The molecule has 154 valence electrons. The fourth-order valence-corrected chi connectivity index (χ4v) is 7.29. The van der Waals surface area contributed by atoms with Crippen LogP contribution in [-0.4, -0.2) is 0 Å². The lowest BCUT2D eigenvalue weighted by Gasteiger charge is -2.38. The standard InChI is InChI=1S/C26H37FS/c1-3-5-18-7-9-19(10-8-18)20-11-13-21(14-12-20)24-16-15-22-17-23(6-4-2)28-26(22)25(24)27/h15-21H,3-14H2,1-2H3. The second-order valence-corrected chi connectivity index (χ2v) is 10.7. The highest BCUT2D eigenvalue weighted by molar-refractivity contribution is 7.19. The summed E-state index contributed by atoms with van der Waals surface area (Å²) >= 11 is 1.68. The van der Waals surface area contributed by atoms with Gasteiger partial charge in [-0.05, 0) is 85.6 Å². The van der Waals surface area contributed by atoms with Gasteiger partial charge in [-0.3, -0.25) is 0 Å². The lowest BCUT2D eigenvalue weighted by Crippen LogP contribution is -2.25. The van der Waals surface area contributed by atoms with Crippen LogP contribution in [0.25, 0.3) is 10.1 Å². The van der Waals surface area contributed by atoms with E-state index in [1.807, 2.05) is 0 Å². The Morgan fingerprint density at radius 2 is 1.57 bits per heavy atom. The molecule has 0 saturated heterocycles. The van der Waals surface area contributed by atoms with Crippen molar-refractivity contribution >= 4 is 21.4 Å². The van der Waals surface area contributed by atoms with Crippen LogP contribution in [0.4, 0.5) is 4.39 Å². The number of fused-ring (bicyclic) bond motifs is 1. The molecule has 0 radical (unpaired) electrons. The fourth-order valence-electron chi connectivity index (χ4n) is 6.08. The van der Waals surface area contributed by atoms with Gasteiger partial charge in [0, 0.05) is 4.88 Å². The van der Waals surface area contributed by atoms with E-state index >= 15 is 4.39 Å². The fraction of sp³-hybridized carbons (Fsp3) is 0.692. The SMILES string of the molecule is CCCc1cc2ccc(C3CCC(C4CCC(CCC)CC4)CC3)c(F)c2s1. The van der Waals surface area contributed by atoms with Gasteiger partial charge in [0.1, 0.15) is 5.82 Å². The number of aryl methyl sites for hydroxylation is 1. The highest BCUT2D eigenvalue weighted by atomic mass is 32.1. The summed E-state index contributed by atoms with van der Waals surface area (Å²) < 4.78 is 16.2. The molecule has 0 N–H and O–H groups in total. The van der Waals surface area contributed by atoms with Gasteiger partial charge in [0.25, 0.3) is 0 Å². The predicted molar refractivity (Wildman–Crippen MR) is 121 cm³/mol. The van der Waals surface area contributed by atoms with Crippen molar-refractivity contribution < 1.29 is 4.39 Å². The van der Waals surface area contributed by atoms with E-state index < -0.39 is 0 Å². The number of thiophene rings is 1. The summed E-state index contributed by atoms with van der Waals surface area (Å²) in [5.74, 6) is 3.39. The van der Waals surface area contributed by atoms with Crippen LogP contribution in [0.3, 0.4) is 0 Å². The molecule has 0 atom stereocenters. The predicted octanol–water partition coefficient (Wildman–Crippen LogP) is 8.87. The van der Waals surface area contributed by atoms with Crippen LogP contribution in [0.1, 0.15) is 101 Å². The van der Waals surface area contributed by atoms with Crippen LogP contribution in [0, 0.1) is 23.6 Å². The monoisotopic (exact) mass is 400 g/mol. The van der Waals surface area contributed by atoms with Gasteiger partial charge in [-0.15, -0.1) is 11.3 Å². The van der Waals surface area contributed by atoms with E-state index in [0.717, 1.165) is 46.2 Å². The van der Waals surface area contributed by atoms with Gasteiger partial charge in [0.2, 0.25) is 0 Å². The van der Waals surface area contributed by atoms with Gasteiger partial charge in [-0.25, -0.2) is 4.39 Å². The number of halogens is 1. The van der Waals surface area contributed by atoms with E-state index in [2.05, 4.69) is 32.0 Å². The maximum absolute atomic E-state index is 15.3. The van der Waals surface area contributed by atoms with Gasteiger partial charge in [-0.2, -0.15) is 0 Å². The molecule has 4 rings (SSSR count). The first kappa shape index (κ1) is 20.4. The van der Waals surface area contributed by atoms with Gasteiger partial charge in [0.05, 0.1) is 4.70 Å². The van der Waals surface area contributed by atoms with E-state index in [4.69, 9.17) is 0 Å². The van der Waals surface area contributed by atoms with E-state index in [0.29, 0.717) is 5.92 Å². The van der Waals surface area contributed by atoms with Crippen molar-refractivity contribution in [1.29, 1.82) is 0 Å². The Morgan fingerprint density at radius 3 is 2.21 bits per heavy atom. The second-order valence-electron chi connectivity index (χ2n) is 9.53. The van der Waals surface area contributed by atoms with Crippen LogP contribution in [0.5, 0.6) is 0 Å². The molecule has 0 spiro atoms. The van der Waals surface area contributed by atoms with Crippen LogP contribution in [0.15, 0.2) is 18.2 Å². The van der Waals surface area contributed by atoms with Gasteiger partial charge in [0.15, 0.2) is 0 Å². The minimum atomic E-state index is 0.0911. The van der Waals surface area contributed by atoms with Crippen molar-refractivity contribution in [3.63, 3.8) is 0 Å². The molecule has 2 aliphatic carbocycles. The molecule has 0 bridgehead atoms. The Morgan fingerprint density at radius 1 is 0.893 bits per heavy atom. The van der Waals surface area contributed by atoms with Crippen molar-refractivity contribution in [2.75, 3.05) is 0 Å². The smallest absolute Gasteiger partial charge is 0.144 e.